The largest absolute Gasteiger partial charge is 0.456 e. The summed E-state index contributed by atoms with van der Waals surface area (Å²) in [5, 5.41) is 6.08. The second kappa shape index (κ2) is 11.8. The minimum absolute atomic E-state index is 0.856. The number of nitrogens with zero attached hydrogens (tertiary/aromatic N) is 1. The molecule has 2 heteroatoms. The molecule has 0 saturated carbocycles. The van der Waals surface area contributed by atoms with Crippen LogP contribution >= 0.6 is 0 Å². The van der Waals surface area contributed by atoms with Gasteiger partial charge in [0.15, 0.2) is 0 Å². The molecule has 0 fully saturated rings. The molecule has 0 saturated heterocycles. The van der Waals surface area contributed by atoms with Crippen molar-refractivity contribution in [3.63, 3.8) is 0 Å². The van der Waals surface area contributed by atoms with E-state index in [2.05, 4.69) is 175 Å². The second-order valence-electron chi connectivity index (χ2n) is 12.2. The van der Waals surface area contributed by atoms with Crippen molar-refractivity contribution in [2.75, 3.05) is 4.90 Å². The third-order valence-electron chi connectivity index (χ3n) is 9.23. The molecule has 9 rings (SSSR count). The van der Waals surface area contributed by atoms with Gasteiger partial charge >= 0.3 is 0 Å². The van der Waals surface area contributed by atoms with Crippen molar-refractivity contribution in [1.29, 1.82) is 0 Å². The zero-order chi connectivity index (χ0) is 31.9. The molecule has 0 aliphatic heterocycles. The van der Waals surface area contributed by atoms with E-state index in [0.717, 1.165) is 39.4 Å². The van der Waals surface area contributed by atoms with Crippen LogP contribution in [0.15, 0.2) is 192 Å². The summed E-state index contributed by atoms with van der Waals surface area (Å²) in [6.07, 6.45) is 0. The summed E-state index contributed by atoms with van der Waals surface area (Å²) < 4.78 is 6.29. The van der Waals surface area contributed by atoms with E-state index in [1.165, 1.54) is 43.8 Å². The zero-order valence-electron chi connectivity index (χ0n) is 26.3. The quantitative estimate of drug-likeness (QED) is 0.185. The number of hydrogen-bond donors (Lipinski definition) is 0. The van der Waals surface area contributed by atoms with Crippen LogP contribution in [0.4, 0.5) is 17.1 Å². The molecule has 0 bridgehead atoms. The van der Waals surface area contributed by atoms with Gasteiger partial charge in [-0.25, -0.2) is 0 Å². The van der Waals surface area contributed by atoms with Crippen molar-refractivity contribution < 1.29 is 4.42 Å². The van der Waals surface area contributed by atoms with Crippen molar-refractivity contribution in [3.8, 4) is 33.6 Å². The Morgan fingerprint density at radius 2 is 0.938 bits per heavy atom. The van der Waals surface area contributed by atoms with Crippen LogP contribution in [0, 0.1) is 0 Å². The van der Waals surface area contributed by atoms with Crippen molar-refractivity contribution in [2.24, 2.45) is 0 Å². The lowest BCUT2D eigenvalue weighted by atomic mass is 9.98. The molecule has 0 amide bonds. The zero-order valence-corrected chi connectivity index (χ0v) is 26.3. The maximum absolute atomic E-state index is 6.29. The number of rotatable bonds is 6. The van der Waals surface area contributed by atoms with Gasteiger partial charge in [-0.05, 0) is 98.4 Å². The Balaban J connectivity index is 1.17. The average molecular weight is 614 g/mol. The molecule has 0 unspecified atom stereocenters. The fraction of sp³-hybridized carbons (Fsp3) is 0. The van der Waals surface area contributed by atoms with Gasteiger partial charge < -0.3 is 9.32 Å². The fourth-order valence-electron chi connectivity index (χ4n) is 6.83. The Hall–Kier alpha value is -6.38. The van der Waals surface area contributed by atoms with Gasteiger partial charge in [0.2, 0.25) is 0 Å². The summed E-state index contributed by atoms with van der Waals surface area (Å²) in [5.74, 6) is 0.856. The Labute approximate surface area is 279 Å². The highest BCUT2D eigenvalue weighted by Gasteiger charge is 2.16. The molecule has 0 atom stereocenters. The minimum Gasteiger partial charge on any atom is -0.456 e. The van der Waals surface area contributed by atoms with E-state index in [9.17, 15) is 0 Å². The first-order valence-electron chi connectivity index (χ1n) is 16.3. The van der Waals surface area contributed by atoms with Crippen LogP contribution in [-0.4, -0.2) is 0 Å². The first kappa shape index (κ1) is 27.9. The standard InChI is InChI=1S/C46H31NO/c1-2-12-35-28-37(23-22-32(35)10-1)36-15-7-17-41(29-36)47(42-18-8-16-38(30-42)46-31-39-13-4-6-21-45(39)48-46)40-26-24-34(25-27-40)44-20-9-14-33-11-3-5-19-43(33)44/h1-31H. The van der Waals surface area contributed by atoms with Crippen molar-refractivity contribution in [2.45, 2.75) is 0 Å². The summed E-state index contributed by atoms with van der Waals surface area (Å²) >= 11 is 0. The fourth-order valence-corrected chi connectivity index (χ4v) is 6.83. The van der Waals surface area contributed by atoms with E-state index in [0.29, 0.717) is 0 Å². The second-order valence-corrected chi connectivity index (χ2v) is 12.2. The number of benzene rings is 8. The molecule has 9 aromatic rings. The molecule has 48 heavy (non-hydrogen) atoms. The lowest BCUT2D eigenvalue weighted by molar-refractivity contribution is 0.631. The lowest BCUT2D eigenvalue weighted by Gasteiger charge is -2.26. The summed E-state index contributed by atoms with van der Waals surface area (Å²) in [4.78, 5) is 2.34. The predicted octanol–water partition coefficient (Wildman–Crippen LogP) is 13.2. The maximum atomic E-state index is 6.29. The summed E-state index contributed by atoms with van der Waals surface area (Å²) in [6.45, 7) is 0. The number of furan rings is 1. The Morgan fingerprint density at radius 1 is 0.333 bits per heavy atom. The van der Waals surface area contributed by atoms with Crippen LogP contribution in [-0.2, 0) is 0 Å². The number of anilines is 3. The van der Waals surface area contributed by atoms with Gasteiger partial charge in [-0.2, -0.15) is 0 Å². The van der Waals surface area contributed by atoms with Crippen molar-refractivity contribution in [3.05, 3.63) is 188 Å². The highest BCUT2D eigenvalue weighted by molar-refractivity contribution is 5.97. The first-order chi connectivity index (χ1) is 23.8. The monoisotopic (exact) mass is 613 g/mol. The number of hydrogen-bond acceptors (Lipinski definition) is 2. The van der Waals surface area contributed by atoms with Crippen LogP contribution in [0.3, 0.4) is 0 Å². The normalized spacial score (nSPS) is 11.3. The van der Waals surface area contributed by atoms with Crippen molar-refractivity contribution in [1.82, 2.24) is 0 Å². The van der Waals surface area contributed by atoms with Crippen molar-refractivity contribution >= 4 is 49.6 Å². The molecule has 226 valence electrons. The predicted molar refractivity (Wildman–Crippen MR) is 202 cm³/mol. The first-order valence-corrected chi connectivity index (χ1v) is 16.3. The summed E-state index contributed by atoms with van der Waals surface area (Å²) in [7, 11) is 0. The van der Waals surface area contributed by atoms with Crippen LogP contribution < -0.4 is 4.90 Å². The smallest absolute Gasteiger partial charge is 0.135 e. The van der Waals surface area contributed by atoms with Gasteiger partial charge in [-0.3, -0.25) is 0 Å². The van der Waals surface area contributed by atoms with Crippen LogP contribution in [0.25, 0.3) is 66.1 Å². The third kappa shape index (κ3) is 5.10. The molecular formula is C46H31NO. The Bertz CT molecular complexity index is 2540. The molecule has 0 spiro atoms. The highest BCUT2D eigenvalue weighted by Crippen LogP contribution is 2.40. The van der Waals surface area contributed by atoms with E-state index >= 15 is 0 Å². The molecule has 8 aromatic carbocycles. The van der Waals surface area contributed by atoms with E-state index in [1.54, 1.807) is 0 Å². The number of fused-ring (bicyclic) bond motifs is 3. The summed E-state index contributed by atoms with van der Waals surface area (Å²) in [6, 6.07) is 67.0. The Kier molecular flexibility index (Phi) is 6.84. The number of para-hydroxylation sites is 1. The van der Waals surface area contributed by atoms with Crippen LogP contribution in [0.5, 0.6) is 0 Å². The molecule has 0 aliphatic carbocycles. The molecule has 0 aliphatic rings. The molecule has 0 radical (unpaired) electrons. The average Bonchev–Trinajstić information content (AvgIpc) is 3.60. The van der Waals surface area contributed by atoms with Gasteiger partial charge in [0.1, 0.15) is 11.3 Å². The van der Waals surface area contributed by atoms with Gasteiger partial charge in [-0.1, -0.05) is 133 Å². The van der Waals surface area contributed by atoms with Gasteiger partial charge in [0.25, 0.3) is 0 Å². The minimum atomic E-state index is 0.856. The molecule has 0 N–H and O–H groups in total. The highest BCUT2D eigenvalue weighted by atomic mass is 16.3. The maximum Gasteiger partial charge on any atom is 0.135 e. The third-order valence-corrected chi connectivity index (χ3v) is 9.23. The topological polar surface area (TPSA) is 16.4 Å². The van der Waals surface area contributed by atoms with E-state index in [4.69, 9.17) is 4.42 Å². The van der Waals surface area contributed by atoms with Gasteiger partial charge in [0.05, 0.1) is 0 Å². The van der Waals surface area contributed by atoms with E-state index < -0.39 is 0 Å². The molecule has 1 aromatic heterocycles. The SMILES string of the molecule is c1cc(-c2ccc3ccccc3c2)cc(N(c2ccc(-c3cccc4ccccc34)cc2)c2cccc(-c3cc4ccccc4o3)c2)c1. The van der Waals surface area contributed by atoms with E-state index in [1.807, 2.05) is 18.2 Å². The summed E-state index contributed by atoms with van der Waals surface area (Å²) in [5.41, 5.74) is 9.93. The van der Waals surface area contributed by atoms with Gasteiger partial charge in [-0.15, -0.1) is 0 Å². The molecular weight excluding hydrogens is 583 g/mol. The Morgan fingerprint density at radius 3 is 1.75 bits per heavy atom. The van der Waals surface area contributed by atoms with Gasteiger partial charge in [0, 0.05) is 28.0 Å². The lowest BCUT2D eigenvalue weighted by Crippen LogP contribution is -2.10. The van der Waals surface area contributed by atoms with E-state index in [-0.39, 0.29) is 0 Å². The van der Waals surface area contributed by atoms with Crippen LogP contribution in [0.1, 0.15) is 0 Å². The molecule has 1 heterocycles. The molecule has 2 nitrogen and oxygen atoms in total. The van der Waals surface area contributed by atoms with Crippen LogP contribution in [0.2, 0.25) is 0 Å².